The smallest absolute Gasteiger partial charge is 0.230 e. The summed E-state index contributed by atoms with van der Waals surface area (Å²) >= 11 is 0. The fourth-order valence-electron chi connectivity index (χ4n) is 2.44. The molecule has 4 heteroatoms. The average Bonchev–Trinajstić information content (AvgIpc) is 2.65. The molecule has 1 aromatic heterocycles. The molecule has 0 radical (unpaired) electrons. The first-order chi connectivity index (χ1) is 7.13. The van der Waals surface area contributed by atoms with Gasteiger partial charge in [-0.1, -0.05) is 31.8 Å². The molecule has 15 heavy (non-hydrogen) atoms. The second-order valence-electron chi connectivity index (χ2n) is 5.04. The second-order valence-corrected chi connectivity index (χ2v) is 5.04. The van der Waals surface area contributed by atoms with Crippen LogP contribution in [0.3, 0.4) is 0 Å². The van der Waals surface area contributed by atoms with Crippen molar-refractivity contribution in [3.8, 4) is 0 Å². The van der Waals surface area contributed by atoms with Crippen LogP contribution in [0, 0.1) is 5.41 Å². The molecule has 0 amide bonds. The van der Waals surface area contributed by atoms with Crippen molar-refractivity contribution in [2.24, 2.45) is 11.1 Å². The minimum absolute atomic E-state index is 0.274. The van der Waals surface area contributed by atoms with Gasteiger partial charge in [-0.15, -0.1) is 0 Å². The Labute approximate surface area is 90.2 Å². The molecule has 0 saturated heterocycles. The first-order valence-electron chi connectivity index (χ1n) is 5.66. The summed E-state index contributed by atoms with van der Waals surface area (Å²) in [6.45, 7) is 4.92. The summed E-state index contributed by atoms with van der Waals surface area (Å²) in [7, 11) is 0. The Morgan fingerprint density at radius 3 is 2.87 bits per heavy atom. The van der Waals surface area contributed by atoms with Crippen molar-refractivity contribution in [3.63, 3.8) is 0 Å². The minimum Gasteiger partial charge on any atom is -0.339 e. The Balaban J connectivity index is 2.21. The zero-order valence-corrected chi connectivity index (χ0v) is 9.49. The van der Waals surface area contributed by atoms with E-state index in [2.05, 4.69) is 24.0 Å². The van der Waals surface area contributed by atoms with E-state index in [9.17, 15) is 0 Å². The molecule has 2 rings (SSSR count). The summed E-state index contributed by atoms with van der Waals surface area (Å²) in [5.74, 6) is 1.80. The molecule has 0 bridgehead atoms. The molecule has 1 heterocycles. The van der Waals surface area contributed by atoms with Crippen LogP contribution in [0.5, 0.6) is 0 Å². The number of hydrogen-bond donors (Lipinski definition) is 1. The van der Waals surface area contributed by atoms with E-state index in [4.69, 9.17) is 10.3 Å². The van der Waals surface area contributed by atoms with E-state index in [0.717, 1.165) is 12.3 Å². The maximum atomic E-state index is 5.48. The molecule has 0 spiro atoms. The Hall–Kier alpha value is -0.900. The maximum absolute atomic E-state index is 5.48. The van der Waals surface area contributed by atoms with Gasteiger partial charge in [-0.05, 0) is 18.3 Å². The maximum Gasteiger partial charge on any atom is 0.230 e. The van der Waals surface area contributed by atoms with Crippen LogP contribution in [0.2, 0.25) is 0 Å². The van der Waals surface area contributed by atoms with E-state index in [1.165, 1.54) is 19.3 Å². The third kappa shape index (κ3) is 2.04. The van der Waals surface area contributed by atoms with Crippen LogP contribution in [-0.4, -0.2) is 10.1 Å². The predicted octanol–water partition coefficient (Wildman–Crippen LogP) is 2.21. The highest BCUT2D eigenvalue weighted by Gasteiger charge is 2.36. The normalized spacial score (nSPS) is 25.4. The van der Waals surface area contributed by atoms with Crippen molar-refractivity contribution in [2.45, 2.75) is 52.0 Å². The lowest BCUT2D eigenvalue weighted by molar-refractivity contribution is 0.164. The van der Waals surface area contributed by atoms with Crippen molar-refractivity contribution in [3.05, 3.63) is 11.7 Å². The van der Waals surface area contributed by atoms with Crippen LogP contribution in [0.1, 0.15) is 57.2 Å². The molecule has 0 aliphatic heterocycles. The summed E-state index contributed by atoms with van der Waals surface area (Å²) in [5.41, 5.74) is 5.75. The number of nitrogens with two attached hydrogens (primary N) is 1. The molecule has 0 aromatic carbocycles. The van der Waals surface area contributed by atoms with E-state index in [1.807, 2.05) is 0 Å². The standard InChI is InChI=1S/C11H19N3O/c1-11(2)6-4-3-5-8(11)10-13-9(7-12)14-15-10/h8H,3-7,12H2,1-2H3. The molecule has 1 aliphatic rings. The molecular weight excluding hydrogens is 190 g/mol. The second kappa shape index (κ2) is 3.93. The summed E-state index contributed by atoms with van der Waals surface area (Å²) in [5, 5.41) is 3.86. The Bertz CT molecular complexity index is 332. The fraction of sp³-hybridized carbons (Fsp3) is 0.818. The fourth-order valence-corrected chi connectivity index (χ4v) is 2.44. The van der Waals surface area contributed by atoms with Crippen LogP contribution in [-0.2, 0) is 6.54 Å². The van der Waals surface area contributed by atoms with Gasteiger partial charge in [0, 0.05) is 5.92 Å². The van der Waals surface area contributed by atoms with Crippen molar-refractivity contribution in [1.29, 1.82) is 0 Å². The summed E-state index contributed by atoms with van der Waals surface area (Å²) in [6, 6.07) is 0. The van der Waals surface area contributed by atoms with Gasteiger partial charge in [0.25, 0.3) is 0 Å². The van der Waals surface area contributed by atoms with E-state index in [1.54, 1.807) is 0 Å². The Kier molecular flexibility index (Phi) is 2.78. The summed E-state index contributed by atoms with van der Waals surface area (Å²) in [6.07, 6.45) is 4.95. The van der Waals surface area contributed by atoms with Crippen LogP contribution < -0.4 is 5.73 Å². The van der Waals surface area contributed by atoms with E-state index >= 15 is 0 Å². The van der Waals surface area contributed by atoms with Crippen LogP contribution in [0.15, 0.2) is 4.52 Å². The quantitative estimate of drug-likeness (QED) is 0.811. The topological polar surface area (TPSA) is 64.9 Å². The molecule has 4 nitrogen and oxygen atoms in total. The highest BCUT2D eigenvalue weighted by Crippen LogP contribution is 2.45. The average molecular weight is 209 g/mol. The molecule has 1 atom stereocenters. The van der Waals surface area contributed by atoms with E-state index in [0.29, 0.717) is 18.3 Å². The third-order valence-corrected chi connectivity index (χ3v) is 3.47. The zero-order chi connectivity index (χ0) is 10.9. The van der Waals surface area contributed by atoms with Crippen molar-refractivity contribution < 1.29 is 4.52 Å². The van der Waals surface area contributed by atoms with E-state index < -0.39 is 0 Å². The van der Waals surface area contributed by atoms with Crippen LogP contribution in [0.25, 0.3) is 0 Å². The Morgan fingerprint density at radius 2 is 2.27 bits per heavy atom. The molecule has 1 aliphatic carbocycles. The largest absolute Gasteiger partial charge is 0.339 e. The van der Waals surface area contributed by atoms with Crippen molar-refractivity contribution >= 4 is 0 Å². The monoisotopic (exact) mass is 209 g/mol. The van der Waals surface area contributed by atoms with Gasteiger partial charge in [0.05, 0.1) is 6.54 Å². The van der Waals surface area contributed by atoms with Gasteiger partial charge in [0.15, 0.2) is 5.82 Å². The predicted molar refractivity (Wildman–Crippen MR) is 57.2 cm³/mol. The third-order valence-electron chi connectivity index (χ3n) is 3.47. The lowest BCUT2D eigenvalue weighted by Gasteiger charge is -2.36. The van der Waals surface area contributed by atoms with Gasteiger partial charge in [-0.3, -0.25) is 0 Å². The number of hydrogen-bond acceptors (Lipinski definition) is 4. The molecule has 84 valence electrons. The number of aromatic nitrogens is 2. The SMILES string of the molecule is CC1(C)CCCCC1c1nc(CN)no1. The van der Waals surface area contributed by atoms with Gasteiger partial charge in [0.1, 0.15) is 0 Å². The lowest BCUT2D eigenvalue weighted by atomic mass is 9.69. The van der Waals surface area contributed by atoms with Crippen molar-refractivity contribution in [1.82, 2.24) is 10.1 Å². The van der Waals surface area contributed by atoms with E-state index in [-0.39, 0.29) is 5.41 Å². The van der Waals surface area contributed by atoms with Gasteiger partial charge in [0.2, 0.25) is 5.89 Å². The first kappa shape index (κ1) is 10.6. The summed E-state index contributed by atoms with van der Waals surface area (Å²) in [4.78, 5) is 4.35. The highest BCUT2D eigenvalue weighted by atomic mass is 16.5. The Morgan fingerprint density at radius 1 is 1.47 bits per heavy atom. The molecular formula is C11H19N3O. The minimum atomic E-state index is 0.274. The van der Waals surface area contributed by atoms with Crippen LogP contribution >= 0.6 is 0 Å². The molecule has 1 saturated carbocycles. The molecule has 2 N–H and O–H groups in total. The van der Waals surface area contributed by atoms with Gasteiger partial charge in [-0.25, -0.2) is 0 Å². The van der Waals surface area contributed by atoms with Crippen molar-refractivity contribution in [2.75, 3.05) is 0 Å². The van der Waals surface area contributed by atoms with Gasteiger partial charge < -0.3 is 10.3 Å². The van der Waals surface area contributed by atoms with Gasteiger partial charge >= 0.3 is 0 Å². The zero-order valence-electron chi connectivity index (χ0n) is 9.49. The molecule has 1 unspecified atom stereocenters. The van der Waals surface area contributed by atoms with Gasteiger partial charge in [-0.2, -0.15) is 4.98 Å². The number of rotatable bonds is 2. The first-order valence-corrected chi connectivity index (χ1v) is 5.66. The summed E-state index contributed by atoms with van der Waals surface area (Å²) < 4.78 is 5.29. The highest BCUT2D eigenvalue weighted by molar-refractivity contribution is 5.02. The number of nitrogens with zero attached hydrogens (tertiary/aromatic N) is 2. The molecule has 1 fully saturated rings. The van der Waals surface area contributed by atoms with Crippen LogP contribution in [0.4, 0.5) is 0 Å². The lowest BCUT2D eigenvalue weighted by Crippen LogP contribution is -2.26. The molecule has 1 aromatic rings.